The highest BCUT2D eigenvalue weighted by atomic mass is 16.5. The predicted molar refractivity (Wildman–Crippen MR) is 116 cm³/mol. The monoisotopic (exact) mass is 437 g/mol. The summed E-state index contributed by atoms with van der Waals surface area (Å²) in [5, 5.41) is 15.5. The molecule has 0 aromatic carbocycles. The van der Waals surface area contributed by atoms with Gasteiger partial charge in [0.15, 0.2) is 0 Å². The lowest BCUT2D eigenvalue weighted by Crippen LogP contribution is -2.59. The quantitative estimate of drug-likeness (QED) is 0.555. The third-order valence-electron chi connectivity index (χ3n) is 7.23. The van der Waals surface area contributed by atoms with Crippen LogP contribution < -0.4 is 10.6 Å². The summed E-state index contributed by atoms with van der Waals surface area (Å²) in [6.45, 7) is 12.1. The maximum absolute atomic E-state index is 13.7. The van der Waals surface area contributed by atoms with Crippen LogP contribution in [0, 0.1) is 17.3 Å². The van der Waals surface area contributed by atoms with Crippen molar-refractivity contribution in [3.05, 3.63) is 0 Å². The molecule has 1 spiro atoms. The fourth-order valence-corrected chi connectivity index (χ4v) is 6.69. The third kappa shape index (κ3) is 3.75. The summed E-state index contributed by atoms with van der Waals surface area (Å²) in [4.78, 5) is 41.5. The summed E-state index contributed by atoms with van der Waals surface area (Å²) in [5.74, 6) is -2.12. The lowest BCUT2D eigenvalue weighted by molar-refractivity contribution is -0.148. The molecule has 3 aliphatic heterocycles. The highest BCUT2D eigenvalue weighted by Crippen LogP contribution is 2.64. The first kappa shape index (κ1) is 24.0. The number of carbonyl (C=O) groups excluding carboxylic acids is 3. The number of fused-ring (bicyclic) bond motifs is 1. The number of aliphatic hydroxyl groups is 1. The van der Waals surface area contributed by atoms with E-state index < -0.39 is 34.6 Å². The van der Waals surface area contributed by atoms with Crippen LogP contribution in [0.3, 0.4) is 0 Å². The summed E-state index contributed by atoms with van der Waals surface area (Å²) in [7, 11) is 1.56. The van der Waals surface area contributed by atoms with Gasteiger partial charge in [0.2, 0.25) is 17.7 Å². The Morgan fingerprint density at radius 3 is 2.35 bits per heavy atom. The van der Waals surface area contributed by atoms with Gasteiger partial charge in [-0.05, 0) is 44.9 Å². The zero-order chi connectivity index (χ0) is 23.4. The van der Waals surface area contributed by atoms with E-state index in [9.17, 15) is 19.5 Å². The van der Waals surface area contributed by atoms with E-state index in [1.54, 1.807) is 7.05 Å². The van der Waals surface area contributed by atoms with Crippen LogP contribution >= 0.6 is 0 Å². The first-order valence-corrected chi connectivity index (χ1v) is 11.4. The Labute approximate surface area is 185 Å². The molecule has 176 valence electrons. The molecule has 0 saturated carbocycles. The van der Waals surface area contributed by atoms with E-state index >= 15 is 0 Å². The number of hydrogen-bond donors (Lipinski definition) is 3. The lowest BCUT2D eigenvalue weighted by atomic mass is 9.65. The number of rotatable bonds is 7. The zero-order valence-electron chi connectivity index (χ0n) is 20.0. The Hall–Kier alpha value is -1.67. The summed E-state index contributed by atoms with van der Waals surface area (Å²) in [5.41, 5.74) is -2.25. The van der Waals surface area contributed by atoms with Crippen molar-refractivity contribution in [2.75, 3.05) is 20.2 Å². The van der Waals surface area contributed by atoms with Crippen LogP contribution in [0.1, 0.15) is 67.2 Å². The maximum atomic E-state index is 13.7. The molecule has 3 N–H and O–H groups in total. The number of aliphatic hydroxyl groups excluding tert-OH is 1. The molecular formula is C23H39N3O5. The van der Waals surface area contributed by atoms with Gasteiger partial charge < -0.3 is 25.4 Å². The average Bonchev–Trinajstić information content (AvgIpc) is 3.23. The molecule has 2 bridgehead atoms. The van der Waals surface area contributed by atoms with Crippen LogP contribution in [0.5, 0.6) is 0 Å². The minimum absolute atomic E-state index is 0.00672. The molecule has 2 unspecified atom stereocenters. The average molecular weight is 438 g/mol. The van der Waals surface area contributed by atoms with E-state index in [1.165, 1.54) is 4.90 Å². The van der Waals surface area contributed by atoms with Gasteiger partial charge in [-0.2, -0.15) is 0 Å². The van der Waals surface area contributed by atoms with E-state index in [4.69, 9.17) is 4.74 Å². The topological polar surface area (TPSA) is 108 Å². The van der Waals surface area contributed by atoms with Gasteiger partial charge >= 0.3 is 0 Å². The van der Waals surface area contributed by atoms with Crippen molar-refractivity contribution >= 4 is 17.7 Å². The van der Waals surface area contributed by atoms with Gasteiger partial charge in [-0.1, -0.05) is 27.7 Å². The van der Waals surface area contributed by atoms with Gasteiger partial charge in [0.1, 0.15) is 11.6 Å². The van der Waals surface area contributed by atoms with Crippen LogP contribution in [0.2, 0.25) is 0 Å². The SMILES string of the molecule is CC[C@]12CCC3(O1)C(C(=O)NC(C)(C)CC(C)(C)C)N(CCO)C(=O)[C@@H]3[C@H]2C(=O)NC. The van der Waals surface area contributed by atoms with Crippen molar-refractivity contribution < 1.29 is 24.2 Å². The Kier molecular flexibility index (Phi) is 5.98. The van der Waals surface area contributed by atoms with Crippen molar-refractivity contribution in [2.45, 2.75) is 90.0 Å². The van der Waals surface area contributed by atoms with Crippen LogP contribution in [0.25, 0.3) is 0 Å². The van der Waals surface area contributed by atoms with Crippen LogP contribution in [-0.2, 0) is 19.1 Å². The molecule has 8 heteroatoms. The molecule has 31 heavy (non-hydrogen) atoms. The Bertz CT molecular complexity index is 761. The molecule has 5 atom stereocenters. The van der Waals surface area contributed by atoms with Crippen LogP contribution in [0.4, 0.5) is 0 Å². The predicted octanol–water partition coefficient (Wildman–Crippen LogP) is 1.21. The first-order chi connectivity index (χ1) is 14.3. The number of ether oxygens (including phenoxy) is 1. The zero-order valence-corrected chi connectivity index (χ0v) is 20.0. The fraction of sp³-hybridized carbons (Fsp3) is 0.870. The van der Waals surface area contributed by atoms with Gasteiger partial charge in [-0.25, -0.2) is 0 Å². The first-order valence-electron chi connectivity index (χ1n) is 11.4. The van der Waals surface area contributed by atoms with Gasteiger partial charge in [-0.15, -0.1) is 0 Å². The van der Waals surface area contributed by atoms with Gasteiger partial charge in [0, 0.05) is 19.1 Å². The lowest BCUT2D eigenvalue weighted by Gasteiger charge is -2.38. The van der Waals surface area contributed by atoms with E-state index in [0.717, 1.165) is 6.42 Å². The van der Waals surface area contributed by atoms with Crippen molar-refractivity contribution in [2.24, 2.45) is 17.3 Å². The molecular weight excluding hydrogens is 398 g/mol. The van der Waals surface area contributed by atoms with Crippen molar-refractivity contribution in [1.29, 1.82) is 0 Å². The molecule has 0 radical (unpaired) electrons. The normalized spacial score (nSPS) is 34.8. The molecule has 0 aromatic heterocycles. The highest BCUT2D eigenvalue weighted by molar-refractivity contribution is 5.99. The van der Waals surface area contributed by atoms with E-state index in [-0.39, 0.29) is 36.3 Å². The fourth-order valence-electron chi connectivity index (χ4n) is 6.69. The van der Waals surface area contributed by atoms with Crippen LogP contribution in [0.15, 0.2) is 0 Å². The minimum Gasteiger partial charge on any atom is -0.395 e. The number of carbonyl (C=O) groups is 3. The molecule has 3 rings (SSSR count). The number of β-amino-alcohol motifs (C(OH)–C–C–N with tert-alkyl or cyclic N) is 1. The van der Waals surface area contributed by atoms with E-state index in [0.29, 0.717) is 19.3 Å². The second-order valence-electron chi connectivity index (χ2n) is 11.3. The molecule has 3 amide bonds. The standard InChI is InChI=1S/C23H39N3O5/c1-8-22-9-10-23(31-22)15(14(22)17(28)24-7)19(30)26(11-12-27)16(23)18(29)25-21(5,6)13-20(2,3)4/h14-16,27H,8-13H2,1-7H3,(H,24,28)(H,25,29)/t14-,15-,16?,22+,23?/m0/s1. The Morgan fingerprint density at radius 1 is 1.19 bits per heavy atom. The molecule has 3 heterocycles. The Balaban J connectivity index is 2.01. The maximum Gasteiger partial charge on any atom is 0.246 e. The minimum atomic E-state index is -1.04. The highest BCUT2D eigenvalue weighted by Gasteiger charge is 2.78. The number of amides is 3. The molecule has 3 saturated heterocycles. The number of nitrogens with zero attached hydrogens (tertiary/aromatic N) is 1. The molecule has 3 fully saturated rings. The smallest absolute Gasteiger partial charge is 0.246 e. The van der Waals surface area contributed by atoms with E-state index in [1.807, 2.05) is 20.8 Å². The molecule has 0 aliphatic carbocycles. The summed E-state index contributed by atoms with van der Waals surface area (Å²) < 4.78 is 6.59. The summed E-state index contributed by atoms with van der Waals surface area (Å²) in [6, 6.07) is -0.862. The Morgan fingerprint density at radius 2 is 1.84 bits per heavy atom. The molecule has 0 aromatic rings. The van der Waals surface area contributed by atoms with E-state index in [2.05, 4.69) is 31.4 Å². The second-order valence-corrected chi connectivity index (χ2v) is 11.3. The van der Waals surface area contributed by atoms with Gasteiger partial charge in [-0.3, -0.25) is 14.4 Å². The summed E-state index contributed by atoms with van der Waals surface area (Å²) >= 11 is 0. The van der Waals surface area contributed by atoms with Crippen molar-refractivity contribution in [1.82, 2.24) is 15.5 Å². The number of nitrogens with one attached hydrogen (secondary N) is 2. The van der Waals surface area contributed by atoms with Crippen molar-refractivity contribution in [3.8, 4) is 0 Å². The largest absolute Gasteiger partial charge is 0.395 e. The third-order valence-corrected chi connectivity index (χ3v) is 7.23. The number of likely N-dealkylation sites (tertiary alicyclic amines) is 1. The van der Waals surface area contributed by atoms with Gasteiger partial charge in [0.05, 0.1) is 24.0 Å². The summed E-state index contributed by atoms with van der Waals surface area (Å²) in [6.07, 6.45) is 2.53. The molecule has 8 nitrogen and oxygen atoms in total. The molecule has 3 aliphatic rings. The van der Waals surface area contributed by atoms with Crippen molar-refractivity contribution in [3.63, 3.8) is 0 Å². The van der Waals surface area contributed by atoms with Gasteiger partial charge in [0.25, 0.3) is 0 Å². The van der Waals surface area contributed by atoms with Crippen LogP contribution in [-0.4, -0.2) is 70.7 Å². The number of hydrogen-bond acceptors (Lipinski definition) is 5. The second kappa shape index (κ2) is 7.73.